The van der Waals surface area contributed by atoms with E-state index in [-0.39, 0.29) is 12.4 Å². The van der Waals surface area contributed by atoms with Gasteiger partial charge in [0.2, 0.25) is 0 Å². The number of anilines is 1. The maximum Gasteiger partial charge on any atom is 0.307 e. The molecule has 0 saturated carbocycles. The molecule has 7 heteroatoms. The molecule has 0 bridgehead atoms. The van der Waals surface area contributed by atoms with Crippen molar-refractivity contribution >= 4 is 44.9 Å². The first kappa shape index (κ1) is 19.5. The smallest absolute Gasteiger partial charge is 0.307 e. The molecule has 0 atom stereocenters. The van der Waals surface area contributed by atoms with Crippen LogP contribution in [0.3, 0.4) is 0 Å². The van der Waals surface area contributed by atoms with Gasteiger partial charge in [-0.05, 0) is 62.0 Å². The molecule has 2 aromatic rings. The minimum atomic E-state index is -0.241. The molecule has 25 heavy (non-hydrogen) atoms. The fourth-order valence-corrected chi connectivity index (χ4v) is 2.75. The molecule has 0 saturated heterocycles. The minimum absolute atomic E-state index is 0.241. The number of thiocarbonyl (C=S) groups is 1. The van der Waals surface area contributed by atoms with Crippen LogP contribution in [0.2, 0.25) is 0 Å². The van der Waals surface area contributed by atoms with E-state index < -0.39 is 0 Å². The van der Waals surface area contributed by atoms with Gasteiger partial charge in [0.05, 0.1) is 25.8 Å². The van der Waals surface area contributed by atoms with E-state index in [0.717, 1.165) is 21.5 Å². The van der Waals surface area contributed by atoms with Crippen molar-refractivity contribution < 1.29 is 13.9 Å². The summed E-state index contributed by atoms with van der Waals surface area (Å²) in [6.45, 7) is 5.10. The van der Waals surface area contributed by atoms with Gasteiger partial charge in [0.1, 0.15) is 5.76 Å². The molecule has 0 unspecified atom stereocenters. The number of nitrogens with one attached hydrogen (secondary N) is 1. The normalized spacial score (nSPS) is 10.4. The molecule has 134 valence electrons. The Hall–Kier alpha value is -1.86. The lowest BCUT2D eigenvalue weighted by Gasteiger charge is -2.25. The number of esters is 1. The number of carbonyl (C=O) groups excluding carboxylic acids is 1. The highest BCUT2D eigenvalue weighted by Crippen LogP contribution is 2.20. The number of hydrogen-bond acceptors (Lipinski definition) is 4. The topological polar surface area (TPSA) is 54.7 Å². The van der Waals surface area contributed by atoms with Gasteiger partial charge >= 0.3 is 5.97 Å². The number of carbonyl (C=O) groups is 1. The third-order valence-corrected chi connectivity index (χ3v) is 4.76. The van der Waals surface area contributed by atoms with Gasteiger partial charge in [-0.1, -0.05) is 15.9 Å². The highest BCUT2D eigenvalue weighted by atomic mass is 79.9. The minimum Gasteiger partial charge on any atom is -0.467 e. The number of benzene rings is 1. The van der Waals surface area contributed by atoms with E-state index in [2.05, 4.69) is 21.2 Å². The Morgan fingerprint density at radius 1 is 1.40 bits per heavy atom. The largest absolute Gasteiger partial charge is 0.467 e. The monoisotopic (exact) mass is 424 g/mol. The van der Waals surface area contributed by atoms with E-state index in [9.17, 15) is 4.79 Å². The van der Waals surface area contributed by atoms with Crippen molar-refractivity contribution in [1.82, 2.24) is 4.90 Å². The summed E-state index contributed by atoms with van der Waals surface area (Å²) in [6, 6.07) is 9.62. The van der Waals surface area contributed by atoms with Crippen molar-refractivity contribution in [3.05, 3.63) is 52.4 Å². The molecule has 1 heterocycles. The van der Waals surface area contributed by atoms with Crippen LogP contribution >= 0.6 is 28.1 Å². The zero-order chi connectivity index (χ0) is 18.2. The SMILES string of the molecule is CCOC(=O)CCN(Cc1ccco1)C(=S)Nc1ccc(Br)c(C)c1. The number of ether oxygens (including phenoxy) is 1. The molecule has 1 aromatic heterocycles. The Morgan fingerprint density at radius 2 is 2.20 bits per heavy atom. The molecule has 1 aromatic carbocycles. The van der Waals surface area contributed by atoms with Crippen molar-refractivity contribution in [2.75, 3.05) is 18.5 Å². The lowest BCUT2D eigenvalue weighted by atomic mass is 10.2. The van der Waals surface area contributed by atoms with Crippen molar-refractivity contribution in [2.24, 2.45) is 0 Å². The van der Waals surface area contributed by atoms with Crippen molar-refractivity contribution in [3.63, 3.8) is 0 Å². The second-order valence-electron chi connectivity index (χ2n) is 5.45. The lowest BCUT2D eigenvalue weighted by Crippen LogP contribution is -2.36. The van der Waals surface area contributed by atoms with Crippen LogP contribution < -0.4 is 5.32 Å². The first-order valence-electron chi connectivity index (χ1n) is 7.99. The van der Waals surface area contributed by atoms with Gasteiger partial charge in [0.15, 0.2) is 5.11 Å². The number of furan rings is 1. The van der Waals surface area contributed by atoms with Crippen molar-refractivity contribution in [2.45, 2.75) is 26.8 Å². The Kier molecular flexibility index (Phi) is 7.46. The summed E-state index contributed by atoms with van der Waals surface area (Å²) in [5.74, 6) is 0.536. The molecule has 2 rings (SSSR count). The Bertz CT molecular complexity index is 719. The molecule has 0 fully saturated rings. The molecular formula is C18H21BrN2O3S. The lowest BCUT2D eigenvalue weighted by molar-refractivity contribution is -0.143. The zero-order valence-electron chi connectivity index (χ0n) is 14.3. The fraction of sp³-hybridized carbons (Fsp3) is 0.333. The summed E-state index contributed by atoms with van der Waals surface area (Å²) >= 11 is 9.02. The zero-order valence-corrected chi connectivity index (χ0v) is 16.7. The summed E-state index contributed by atoms with van der Waals surface area (Å²) in [6.07, 6.45) is 1.88. The number of hydrogen-bond donors (Lipinski definition) is 1. The van der Waals surface area contributed by atoms with Gasteiger partial charge in [0.25, 0.3) is 0 Å². The number of rotatable bonds is 7. The molecule has 0 aliphatic heterocycles. The molecule has 0 spiro atoms. The Balaban J connectivity index is 2.05. The van der Waals surface area contributed by atoms with Gasteiger partial charge in [0, 0.05) is 16.7 Å². The second-order valence-corrected chi connectivity index (χ2v) is 6.69. The van der Waals surface area contributed by atoms with Crippen LogP contribution in [0, 0.1) is 6.92 Å². The summed E-state index contributed by atoms with van der Waals surface area (Å²) < 4.78 is 11.4. The molecule has 0 amide bonds. The molecule has 5 nitrogen and oxygen atoms in total. The van der Waals surface area contributed by atoms with Gasteiger partial charge in [-0.25, -0.2) is 0 Å². The third kappa shape index (κ3) is 6.17. The van der Waals surface area contributed by atoms with E-state index in [0.29, 0.717) is 24.8 Å². The number of aryl methyl sites for hydroxylation is 1. The summed E-state index contributed by atoms with van der Waals surface area (Å²) in [5, 5.41) is 3.75. The maximum atomic E-state index is 11.7. The van der Waals surface area contributed by atoms with Crippen LogP contribution in [0.25, 0.3) is 0 Å². The van der Waals surface area contributed by atoms with Gasteiger partial charge in [-0.2, -0.15) is 0 Å². The third-order valence-electron chi connectivity index (χ3n) is 3.51. The first-order valence-corrected chi connectivity index (χ1v) is 9.19. The average molecular weight is 425 g/mol. The van der Waals surface area contributed by atoms with Gasteiger partial charge in [-0.3, -0.25) is 4.79 Å². The molecular weight excluding hydrogens is 404 g/mol. The van der Waals surface area contributed by atoms with E-state index in [1.807, 2.05) is 42.2 Å². The molecule has 1 N–H and O–H groups in total. The summed E-state index contributed by atoms with van der Waals surface area (Å²) in [7, 11) is 0. The van der Waals surface area contributed by atoms with Crippen LogP contribution in [0.5, 0.6) is 0 Å². The van der Waals surface area contributed by atoms with Gasteiger partial charge < -0.3 is 19.4 Å². The average Bonchev–Trinajstić information content (AvgIpc) is 3.08. The number of nitrogens with zero attached hydrogens (tertiary/aromatic N) is 1. The molecule has 0 aliphatic rings. The van der Waals surface area contributed by atoms with Crippen LogP contribution in [0.15, 0.2) is 45.5 Å². The fourth-order valence-electron chi connectivity index (χ4n) is 2.23. The van der Waals surface area contributed by atoms with Crippen LogP contribution in [0.4, 0.5) is 5.69 Å². The quantitative estimate of drug-likeness (QED) is 0.521. The summed E-state index contributed by atoms with van der Waals surface area (Å²) in [4.78, 5) is 13.6. The standard InChI is InChI=1S/C18H21BrN2O3S/c1-3-23-17(22)8-9-21(12-15-5-4-10-24-15)18(25)20-14-6-7-16(19)13(2)11-14/h4-7,10-11H,3,8-9,12H2,1-2H3,(H,20,25). The maximum absolute atomic E-state index is 11.7. The second kappa shape index (κ2) is 9.58. The first-order chi connectivity index (χ1) is 12.0. The highest BCUT2D eigenvalue weighted by molar-refractivity contribution is 9.10. The Morgan fingerprint density at radius 3 is 2.84 bits per heavy atom. The highest BCUT2D eigenvalue weighted by Gasteiger charge is 2.15. The summed E-state index contributed by atoms with van der Waals surface area (Å²) in [5.41, 5.74) is 2.00. The predicted molar refractivity (Wildman–Crippen MR) is 105 cm³/mol. The van der Waals surface area contributed by atoms with Crippen LogP contribution in [-0.4, -0.2) is 29.1 Å². The van der Waals surface area contributed by atoms with Gasteiger partial charge in [-0.15, -0.1) is 0 Å². The predicted octanol–water partition coefficient (Wildman–Crippen LogP) is 4.50. The van der Waals surface area contributed by atoms with E-state index in [4.69, 9.17) is 21.4 Å². The van der Waals surface area contributed by atoms with E-state index in [1.165, 1.54) is 0 Å². The van der Waals surface area contributed by atoms with E-state index >= 15 is 0 Å². The Labute approximate surface area is 161 Å². The van der Waals surface area contributed by atoms with Crippen LogP contribution in [0.1, 0.15) is 24.7 Å². The van der Waals surface area contributed by atoms with Crippen molar-refractivity contribution in [1.29, 1.82) is 0 Å². The van der Waals surface area contributed by atoms with Crippen molar-refractivity contribution in [3.8, 4) is 0 Å². The van der Waals surface area contributed by atoms with Crippen LogP contribution in [-0.2, 0) is 16.1 Å². The molecule has 0 aliphatic carbocycles. The molecule has 0 radical (unpaired) electrons. The number of halogens is 1. The van der Waals surface area contributed by atoms with E-state index in [1.54, 1.807) is 13.2 Å².